The van der Waals surface area contributed by atoms with Gasteiger partial charge in [-0.2, -0.15) is 0 Å². The zero-order chi connectivity index (χ0) is 21.9. The average Bonchev–Trinajstić information content (AvgIpc) is 3.17. The molecule has 0 atom stereocenters. The number of amides is 2. The highest BCUT2D eigenvalue weighted by Gasteiger charge is 2.12. The van der Waals surface area contributed by atoms with Gasteiger partial charge in [-0.3, -0.25) is 9.59 Å². The van der Waals surface area contributed by atoms with Crippen LogP contribution in [0.1, 0.15) is 38.5 Å². The van der Waals surface area contributed by atoms with Crippen LogP contribution in [-0.2, 0) is 9.59 Å². The van der Waals surface area contributed by atoms with Crippen molar-refractivity contribution < 1.29 is 19.1 Å². The van der Waals surface area contributed by atoms with Gasteiger partial charge in [0.1, 0.15) is 5.75 Å². The second-order valence-electron chi connectivity index (χ2n) is 7.20. The number of nitrogens with one attached hydrogen (secondary N) is 2. The Morgan fingerprint density at radius 1 is 0.935 bits per heavy atom. The number of hydrogen-bond donors (Lipinski definition) is 2. The summed E-state index contributed by atoms with van der Waals surface area (Å²) in [7, 11) is 0. The first-order valence-electron chi connectivity index (χ1n) is 10.4. The number of carbonyl (C=O) groups excluding carboxylic acids is 3. The van der Waals surface area contributed by atoms with E-state index in [9.17, 15) is 14.4 Å². The standard InChI is InChI=1S/C25H26N2O4/c28-23-13-8-10-19(23)9-4-1-2-7-14-24(29)31-22-17-15-21(16-18-22)27-25(30)26-20-11-5-3-6-12-20/h1,3-6,10-12,15-18H,2,7-9,13-14H2,(H2,26,27,30). The van der Waals surface area contributed by atoms with Crippen LogP contribution < -0.4 is 15.4 Å². The molecule has 160 valence electrons. The highest BCUT2D eigenvalue weighted by atomic mass is 16.5. The van der Waals surface area contributed by atoms with Crippen molar-refractivity contribution in [1.29, 1.82) is 0 Å². The largest absolute Gasteiger partial charge is 0.427 e. The first kappa shape index (κ1) is 22.0. The Bertz CT molecular complexity index is 963. The van der Waals surface area contributed by atoms with E-state index < -0.39 is 0 Å². The van der Waals surface area contributed by atoms with Crippen LogP contribution in [0.5, 0.6) is 5.75 Å². The summed E-state index contributed by atoms with van der Waals surface area (Å²) >= 11 is 0. The third kappa shape index (κ3) is 7.59. The summed E-state index contributed by atoms with van der Waals surface area (Å²) < 4.78 is 5.33. The second kappa shape index (κ2) is 11.5. The number of Topliss-reactive ketones (excluding diaryl/α,β-unsaturated/α-hetero) is 1. The fraction of sp³-hybridized carbons (Fsp3) is 0.240. The predicted octanol–water partition coefficient (Wildman–Crippen LogP) is 5.64. The fourth-order valence-corrected chi connectivity index (χ4v) is 3.15. The van der Waals surface area contributed by atoms with E-state index in [0.717, 1.165) is 18.4 Å². The summed E-state index contributed by atoms with van der Waals surface area (Å²) in [6.45, 7) is 0. The highest BCUT2D eigenvalue weighted by molar-refractivity contribution is 5.99. The summed E-state index contributed by atoms with van der Waals surface area (Å²) in [5.41, 5.74) is 2.19. The number of urea groups is 1. The number of anilines is 2. The van der Waals surface area contributed by atoms with E-state index in [1.54, 1.807) is 36.4 Å². The van der Waals surface area contributed by atoms with Gasteiger partial charge in [-0.05, 0) is 67.7 Å². The summed E-state index contributed by atoms with van der Waals surface area (Å²) in [4.78, 5) is 35.5. The Morgan fingerprint density at radius 3 is 2.32 bits per heavy atom. The quantitative estimate of drug-likeness (QED) is 0.239. The molecule has 31 heavy (non-hydrogen) atoms. The molecule has 2 aromatic rings. The minimum atomic E-state index is -0.349. The van der Waals surface area contributed by atoms with Crippen LogP contribution in [0.15, 0.2) is 78.4 Å². The minimum Gasteiger partial charge on any atom is -0.427 e. The summed E-state index contributed by atoms with van der Waals surface area (Å²) in [5.74, 6) is 0.372. The predicted molar refractivity (Wildman–Crippen MR) is 121 cm³/mol. The van der Waals surface area contributed by atoms with Crippen LogP contribution in [0, 0.1) is 0 Å². The molecule has 0 heterocycles. The molecule has 3 rings (SSSR count). The average molecular weight is 418 g/mol. The zero-order valence-corrected chi connectivity index (χ0v) is 17.3. The SMILES string of the molecule is O=C(Nc1ccccc1)Nc1ccc(OC(=O)CCCC=CCC2=CCCC2=O)cc1. The maximum absolute atomic E-state index is 12.0. The van der Waals surface area contributed by atoms with E-state index in [-0.39, 0.29) is 17.8 Å². The van der Waals surface area contributed by atoms with E-state index >= 15 is 0 Å². The third-order valence-corrected chi connectivity index (χ3v) is 4.75. The van der Waals surface area contributed by atoms with Gasteiger partial charge >= 0.3 is 12.0 Å². The molecule has 0 saturated carbocycles. The van der Waals surface area contributed by atoms with Crippen molar-refractivity contribution >= 4 is 29.2 Å². The van der Waals surface area contributed by atoms with Gasteiger partial charge in [0.25, 0.3) is 0 Å². The van der Waals surface area contributed by atoms with Gasteiger partial charge in [0.05, 0.1) is 0 Å². The molecule has 0 unspecified atom stereocenters. The van der Waals surface area contributed by atoms with E-state index in [1.165, 1.54) is 0 Å². The summed E-state index contributed by atoms with van der Waals surface area (Å²) in [5, 5.41) is 5.46. The maximum Gasteiger partial charge on any atom is 0.323 e. The molecule has 0 bridgehead atoms. The molecule has 0 saturated heterocycles. The van der Waals surface area contributed by atoms with Crippen LogP contribution >= 0.6 is 0 Å². The van der Waals surface area contributed by atoms with Crippen molar-refractivity contribution in [3.05, 3.63) is 78.4 Å². The lowest BCUT2D eigenvalue weighted by molar-refractivity contribution is -0.134. The van der Waals surface area contributed by atoms with Crippen molar-refractivity contribution in [3.8, 4) is 5.75 Å². The van der Waals surface area contributed by atoms with Gasteiger partial charge in [-0.15, -0.1) is 0 Å². The highest BCUT2D eigenvalue weighted by Crippen LogP contribution is 2.18. The third-order valence-electron chi connectivity index (χ3n) is 4.75. The Labute approximate surface area is 182 Å². The summed E-state index contributed by atoms with van der Waals surface area (Å²) in [6, 6.07) is 15.4. The molecule has 0 radical (unpaired) electrons. The van der Waals surface area contributed by atoms with Crippen LogP contribution in [-0.4, -0.2) is 17.8 Å². The minimum absolute atomic E-state index is 0.242. The zero-order valence-electron chi connectivity index (χ0n) is 17.3. The molecule has 6 heteroatoms. The molecule has 1 aliphatic rings. The molecule has 1 aliphatic carbocycles. The number of hydrogen-bond acceptors (Lipinski definition) is 4. The van der Waals surface area contributed by atoms with E-state index in [1.807, 2.05) is 36.4 Å². The van der Waals surface area contributed by atoms with E-state index in [2.05, 4.69) is 10.6 Å². The molecule has 2 N–H and O–H groups in total. The topological polar surface area (TPSA) is 84.5 Å². The van der Waals surface area contributed by atoms with Gasteiger partial charge in [0.15, 0.2) is 5.78 Å². The monoisotopic (exact) mass is 418 g/mol. The number of allylic oxidation sites excluding steroid dienone is 4. The van der Waals surface area contributed by atoms with E-state index in [4.69, 9.17) is 4.74 Å². The smallest absolute Gasteiger partial charge is 0.323 e. The van der Waals surface area contributed by atoms with Gasteiger partial charge in [-0.25, -0.2) is 4.79 Å². The first-order valence-corrected chi connectivity index (χ1v) is 10.4. The van der Waals surface area contributed by atoms with Gasteiger partial charge in [-0.1, -0.05) is 36.4 Å². The van der Waals surface area contributed by atoms with Gasteiger partial charge in [0.2, 0.25) is 0 Å². The van der Waals surface area contributed by atoms with Crippen molar-refractivity contribution in [2.75, 3.05) is 10.6 Å². The van der Waals surface area contributed by atoms with Crippen LogP contribution in [0.2, 0.25) is 0 Å². The Balaban J connectivity index is 1.33. The van der Waals surface area contributed by atoms with Gasteiger partial charge < -0.3 is 15.4 Å². The molecule has 0 fully saturated rings. The lowest BCUT2D eigenvalue weighted by Gasteiger charge is -2.08. The molecule has 0 aliphatic heterocycles. The lowest BCUT2D eigenvalue weighted by atomic mass is 10.1. The number of esters is 1. The number of ketones is 1. The van der Waals surface area contributed by atoms with Crippen molar-refractivity contribution in [1.82, 2.24) is 0 Å². The summed E-state index contributed by atoms with van der Waals surface area (Å²) in [6.07, 6.45) is 9.90. The Morgan fingerprint density at radius 2 is 1.65 bits per heavy atom. The second-order valence-corrected chi connectivity index (χ2v) is 7.20. The van der Waals surface area contributed by atoms with E-state index in [0.29, 0.717) is 42.8 Å². The molecule has 6 nitrogen and oxygen atoms in total. The fourth-order valence-electron chi connectivity index (χ4n) is 3.15. The molecular weight excluding hydrogens is 392 g/mol. The number of rotatable bonds is 9. The number of carbonyl (C=O) groups is 3. The maximum atomic E-state index is 12.0. The Kier molecular flexibility index (Phi) is 8.17. The molecule has 0 aromatic heterocycles. The number of ether oxygens (including phenoxy) is 1. The van der Waals surface area contributed by atoms with Crippen LogP contribution in [0.25, 0.3) is 0 Å². The number of unbranched alkanes of at least 4 members (excludes halogenated alkanes) is 1. The number of benzene rings is 2. The number of para-hydroxylation sites is 1. The van der Waals surface area contributed by atoms with Crippen molar-refractivity contribution in [2.45, 2.75) is 38.5 Å². The van der Waals surface area contributed by atoms with Gasteiger partial charge in [0, 0.05) is 24.2 Å². The molecular formula is C25H26N2O4. The van der Waals surface area contributed by atoms with Crippen LogP contribution in [0.3, 0.4) is 0 Å². The Hall–Kier alpha value is -3.67. The van der Waals surface area contributed by atoms with Crippen LogP contribution in [0.4, 0.5) is 16.2 Å². The molecule has 0 spiro atoms. The normalized spacial score (nSPS) is 13.2. The first-order chi connectivity index (χ1) is 15.1. The van der Waals surface area contributed by atoms with Crippen molar-refractivity contribution in [3.63, 3.8) is 0 Å². The molecule has 2 amide bonds. The molecule has 2 aromatic carbocycles. The van der Waals surface area contributed by atoms with Crippen molar-refractivity contribution in [2.24, 2.45) is 0 Å². The lowest BCUT2D eigenvalue weighted by Crippen LogP contribution is -2.19.